The van der Waals surface area contributed by atoms with E-state index in [9.17, 15) is 0 Å². The van der Waals surface area contributed by atoms with Gasteiger partial charge in [-0.25, -0.2) is 9.67 Å². The Hall–Kier alpha value is -1.88. The molecule has 0 saturated carbocycles. The molecule has 0 bridgehead atoms. The number of hydrogen-bond acceptors (Lipinski definition) is 4. The molecule has 1 heterocycles. The van der Waals surface area contributed by atoms with Gasteiger partial charge in [0.2, 0.25) is 0 Å². The van der Waals surface area contributed by atoms with Crippen LogP contribution in [0.25, 0.3) is 0 Å². The van der Waals surface area contributed by atoms with Crippen LogP contribution in [-0.4, -0.2) is 21.4 Å². The van der Waals surface area contributed by atoms with Crippen LogP contribution in [0.1, 0.15) is 31.3 Å². The number of hydrogen-bond donors (Lipinski definition) is 1. The van der Waals surface area contributed by atoms with E-state index in [4.69, 9.17) is 10.5 Å². The van der Waals surface area contributed by atoms with Gasteiger partial charge in [-0.15, -0.1) is 0 Å². The molecule has 2 aromatic rings. The van der Waals surface area contributed by atoms with Crippen LogP contribution >= 0.6 is 0 Å². The van der Waals surface area contributed by atoms with Crippen LogP contribution in [0.5, 0.6) is 5.75 Å². The zero-order valence-electron chi connectivity index (χ0n) is 10.7. The van der Waals surface area contributed by atoms with Gasteiger partial charge in [-0.1, -0.05) is 12.1 Å². The monoisotopic (exact) mass is 246 g/mol. The van der Waals surface area contributed by atoms with E-state index in [1.807, 2.05) is 38.1 Å². The van der Waals surface area contributed by atoms with Crippen LogP contribution in [0, 0.1) is 0 Å². The minimum atomic E-state index is -0.261. The smallest absolute Gasteiger partial charge is 0.148 e. The summed E-state index contributed by atoms with van der Waals surface area (Å²) in [5.41, 5.74) is 7.20. The summed E-state index contributed by atoms with van der Waals surface area (Å²) < 4.78 is 7.21. The topological polar surface area (TPSA) is 66.0 Å². The summed E-state index contributed by atoms with van der Waals surface area (Å²) in [7, 11) is 0. The molecule has 1 atom stereocenters. The van der Waals surface area contributed by atoms with Crippen molar-refractivity contribution >= 4 is 0 Å². The van der Waals surface area contributed by atoms with Gasteiger partial charge in [0, 0.05) is 6.54 Å². The van der Waals surface area contributed by atoms with Gasteiger partial charge >= 0.3 is 0 Å². The van der Waals surface area contributed by atoms with Crippen LogP contribution in [0.2, 0.25) is 0 Å². The highest BCUT2D eigenvalue weighted by atomic mass is 16.5. The molecule has 5 heteroatoms. The molecule has 0 fully saturated rings. The van der Waals surface area contributed by atoms with Gasteiger partial charge in [0.1, 0.15) is 17.9 Å². The predicted molar refractivity (Wildman–Crippen MR) is 69.3 cm³/mol. The molecule has 2 N–H and O–H groups in total. The molecule has 2 rings (SSSR count). The van der Waals surface area contributed by atoms with Crippen LogP contribution in [0.15, 0.2) is 30.6 Å². The van der Waals surface area contributed by atoms with Crippen molar-refractivity contribution in [2.24, 2.45) is 5.73 Å². The third-order valence-corrected chi connectivity index (χ3v) is 2.77. The average Bonchev–Trinajstić information content (AvgIpc) is 2.87. The van der Waals surface area contributed by atoms with Crippen molar-refractivity contribution in [3.63, 3.8) is 0 Å². The van der Waals surface area contributed by atoms with E-state index in [1.165, 1.54) is 6.33 Å². The van der Waals surface area contributed by atoms with E-state index < -0.39 is 0 Å². The van der Waals surface area contributed by atoms with Gasteiger partial charge in [-0.3, -0.25) is 0 Å². The van der Waals surface area contributed by atoms with E-state index in [-0.39, 0.29) is 6.04 Å². The van der Waals surface area contributed by atoms with Crippen LogP contribution in [0.4, 0.5) is 0 Å². The first-order chi connectivity index (χ1) is 8.76. The normalized spacial score (nSPS) is 12.4. The number of rotatable bonds is 5. The van der Waals surface area contributed by atoms with E-state index >= 15 is 0 Å². The van der Waals surface area contributed by atoms with Crippen molar-refractivity contribution in [1.29, 1.82) is 0 Å². The third-order valence-electron chi connectivity index (χ3n) is 2.77. The molecule has 0 amide bonds. The molecule has 0 radical (unpaired) electrons. The first kappa shape index (κ1) is 12.6. The average molecular weight is 246 g/mol. The predicted octanol–water partition coefficient (Wildman–Crippen LogP) is 1.74. The summed E-state index contributed by atoms with van der Waals surface area (Å²) in [6, 6.07) is 7.51. The Balaban J connectivity index is 2.20. The Morgan fingerprint density at radius 1 is 1.28 bits per heavy atom. The summed E-state index contributed by atoms with van der Waals surface area (Å²) in [6.07, 6.45) is 1.53. The summed E-state index contributed by atoms with van der Waals surface area (Å²) in [5, 5.41) is 4.13. The second kappa shape index (κ2) is 5.64. The van der Waals surface area contributed by atoms with E-state index in [0.717, 1.165) is 23.7 Å². The fourth-order valence-electron chi connectivity index (χ4n) is 1.84. The summed E-state index contributed by atoms with van der Waals surface area (Å²) in [6.45, 7) is 5.40. The third kappa shape index (κ3) is 2.51. The van der Waals surface area contributed by atoms with Crippen molar-refractivity contribution in [3.05, 3.63) is 42.0 Å². The summed E-state index contributed by atoms with van der Waals surface area (Å²) in [4.78, 5) is 4.22. The number of benzene rings is 1. The van der Waals surface area contributed by atoms with Gasteiger partial charge in [-0.2, -0.15) is 5.10 Å². The van der Waals surface area contributed by atoms with Crippen molar-refractivity contribution in [2.75, 3.05) is 6.61 Å². The molecule has 0 saturated heterocycles. The molecule has 0 aliphatic heterocycles. The van der Waals surface area contributed by atoms with E-state index in [1.54, 1.807) is 4.68 Å². The lowest BCUT2D eigenvalue weighted by molar-refractivity contribution is 0.340. The van der Waals surface area contributed by atoms with Gasteiger partial charge in [0.05, 0.1) is 12.6 Å². The molecular weight excluding hydrogens is 228 g/mol. The lowest BCUT2D eigenvalue weighted by atomic mass is 10.1. The quantitative estimate of drug-likeness (QED) is 0.872. The maximum atomic E-state index is 6.20. The first-order valence-electron chi connectivity index (χ1n) is 6.12. The minimum Gasteiger partial charge on any atom is -0.494 e. The highest BCUT2D eigenvalue weighted by Gasteiger charge is 2.14. The van der Waals surface area contributed by atoms with E-state index in [0.29, 0.717) is 6.61 Å². The minimum absolute atomic E-state index is 0.261. The van der Waals surface area contributed by atoms with E-state index in [2.05, 4.69) is 10.1 Å². The Morgan fingerprint density at radius 3 is 2.61 bits per heavy atom. The second-order valence-electron chi connectivity index (χ2n) is 3.91. The Morgan fingerprint density at radius 2 is 2.00 bits per heavy atom. The fraction of sp³-hybridized carbons (Fsp3) is 0.385. The van der Waals surface area contributed by atoms with Gasteiger partial charge in [0.15, 0.2) is 0 Å². The number of nitrogens with two attached hydrogens (primary N) is 1. The molecule has 5 nitrogen and oxygen atoms in total. The molecule has 0 spiro atoms. The SMILES string of the molecule is CCOc1ccc(C(N)c2ncnn2CC)cc1. The Bertz CT molecular complexity index is 492. The summed E-state index contributed by atoms with van der Waals surface area (Å²) in [5.74, 6) is 1.63. The van der Waals surface area contributed by atoms with Gasteiger partial charge < -0.3 is 10.5 Å². The van der Waals surface area contributed by atoms with Gasteiger partial charge in [-0.05, 0) is 31.5 Å². The largest absolute Gasteiger partial charge is 0.494 e. The van der Waals surface area contributed by atoms with Crippen LogP contribution in [0.3, 0.4) is 0 Å². The maximum Gasteiger partial charge on any atom is 0.148 e. The second-order valence-corrected chi connectivity index (χ2v) is 3.91. The number of ether oxygens (including phenoxy) is 1. The zero-order chi connectivity index (χ0) is 13.0. The molecule has 0 aliphatic carbocycles. The van der Waals surface area contributed by atoms with Gasteiger partial charge in [0.25, 0.3) is 0 Å². The molecule has 96 valence electrons. The highest BCUT2D eigenvalue weighted by Crippen LogP contribution is 2.20. The molecule has 1 aromatic heterocycles. The van der Waals surface area contributed by atoms with Crippen LogP contribution < -0.4 is 10.5 Å². The standard InChI is InChI=1S/C13H18N4O/c1-3-17-13(15-9-16-17)12(14)10-5-7-11(8-6-10)18-4-2/h5-9,12H,3-4,14H2,1-2H3. The molecule has 18 heavy (non-hydrogen) atoms. The fourth-order valence-corrected chi connectivity index (χ4v) is 1.84. The number of nitrogens with zero attached hydrogens (tertiary/aromatic N) is 3. The first-order valence-corrected chi connectivity index (χ1v) is 6.12. The Kier molecular flexibility index (Phi) is 3.94. The molecule has 1 unspecified atom stereocenters. The lowest BCUT2D eigenvalue weighted by Crippen LogP contribution is -2.18. The van der Waals surface area contributed by atoms with Crippen molar-refractivity contribution in [2.45, 2.75) is 26.4 Å². The van der Waals surface area contributed by atoms with Crippen molar-refractivity contribution < 1.29 is 4.74 Å². The summed E-state index contributed by atoms with van der Waals surface area (Å²) >= 11 is 0. The molecular formula is C13H18N4O. The highest BCUT2D eigenvalue weighted by molar-refractivity contribution is 5.31. The van der Waals surface area contributed by atoms with Crippen molar-refractivity contribution in [1.82, 2.24) is 14.8 Å². The molecule has 0 aliphatic rings. The Labute approximate surface area is 107 Å². The lowest BCUT2D eigenvalue weighted by Gasteiger charge is -2.13. The zero-order valence-corrected chi connectivity index (χ0v) is 10.7. The molecule has 1 aromatic carbocycles. The van der Waals surface area contributed by atoms with Crippen LogP contribution in [-0.2, 0) is 6.54 Å². The number of aryl methyl sites for hydroxylation is 1. The van der Waals surface area contributed by atoms with Crippen molar-refractivity contribution in [3.8, 4) is 5.75 Å². The maximum absolute atomic E-state index is 6.20. The number of aromatic nitrogens is 3.